The van der Waals surface area contributed by atoms with Crippen molar-refractivity contribution >= 4 is 11.9 Å². The highest BCUT2D eigenvalue weighted by Crippen LogP contribution is 1.85. The molecule has 0 rings (SSSR count). The van der Waals surface area contributed by atoms with Gasteiger partial charge in [0.05, 0.1) is 6.04 Å². The van der Waals surface area contributed by atoms with Crippen molar-refractivity contribution in [2.24, 2.45) is 0 Å². The number of amides is 1. The first-order valence-electron chi connectivity index (χ1n) is 4.19. The standard InChI is InChI=1S/C8H16N2O3/c1-5(2)10-6(3)8(13)9-4-7(11)12/h5-6,10H,4H2,1-3H3,(H,9,13)(H,11,12)/t6-/m0/s1. The number of hydrogen-bond acceptors (Lipinski definition) is 3. The third-order valence-electron chi connectivity index (χ3n) is 1.39. The van der Waals surface area contributed by atoms with Crippen molar-refractivity contribution in [3.05, 3.63) is 0 Å². The van der Waals surface area contributed by atoms with Gasteiger partial charge in [-0.2, -0.15) is 0 Å². The number of carboxylic acid groups (broad SMARTS) is 1. The molecule has 0 aliphatic carbocycles. The van der Waals surface area contributed by atoms with Gasteiger partial charge in [0.25, 0.3) is 0 Å². The molecule has 1 amide bonds. The van der Waals surface area contributed by atoms with E-state index in [0.29, 0.717) is 0 Å². The Morgan fingerprint density at radius 2 is 1.85 bits per heavy atom. The van der Waals surface area contributed by atoms with E-state index >= 15 is 0 Å². The molecule has 0 aliphatic rings. The quantitative estimate of drug-likeness (QED) is 0.547. The highest BCUT2D eigenvalue weighted by molar-refractivity contribution is 5.84. The van der Waals surface area contributed by atoms with E-state index in [9.17, 15) is 9.59 Å². The van der Waals surface area contributed by atoms with Gasteiger partial charge in [0.15, 0.2) is 0 Å². The average Bonchev–Trinajstić information content (AvgIpc) is 1.98. The number of carbonyl (C=O) groups excluding carboxylic acids is 1. The van der Waals surface area contributed by atoms with Gasteiger partial charge in [-0.3, -0.25) is 9.59 Å². The van der Waals surface area contributed by atoms with Crippen LogP contribution in [0.5, 0.6) is 0 Å². The van der Waals surface area contributed by atoms with E-state index in [1.54, 1.807) is 6.92 Å². The van der Waals surface area contributed by atoms with E-state index in [-0.39, 0.29) is 24.5 Å². The highest BCUT2D eigenvalue weighted by atomic mass is 16.4. The summed E-state index contributed by atoms with van der Waals surface area (Å²) in [5.74, 6) is -1.33. The molecule has 1 atom stereocenters. The largest absolute Gasteiger partial charge is 0.480 e. The minimum atomic E-state index is -1.04. The summed E-state index contributed by atoms with van der Waals surface area (Å²) in [6.45, 7) is 5.20. The van der Waals surface area contributed by atoms with Crippen LogP contribution in [-0.4, -0.2) is 35.6 Å². The summed E-state index contributed by atoms with van der Waals surface area (Å²) in [7, 11) is 0. The molecule has 0 aromatic heterocycles. The lowest BCUT2D eigenvalue weighted by molar-refractivity contribution is -0.138. The number of aliphatic carboxylic acids is 1. The van der Waals surface area contributed by atoms with Crippen LogP contribution < -0.4 is 10.6 Å². The zero-order chi connectivity index (χ0) is 10.4. The first kappa shape index (κ1) is 11.9. The van der Waals surface area contributed by atoms with Crippen LogP contribution in [0, 0.1) is 0 Å². The van der Waals surface area contributed by atoms with Gasteiger partial charge in [0.1, 0.15) is 6.54 Å². The molecular weight excluding hydrogens is 172 g/mol. The number of carboxylic acids is 1. The molecule has 0 heterocycles. The molecule has 0 bridgehead atoms. The van der Waals surface area contributed by atoms with Crippen molar-refractivity contribution in [3.8, 4) is 0 Å². The maximum absolute atomic E-state index is 11.1. The SMILES string of the molecule is CC(C)N[C@@H](C)C(=O)NCC(=O)O. The van der Waals surface area contributed by atoms with E-state index in [1.165, 1.54) is 0 Å². The first-order chi connectivity index (χ1) is 5.93. The first-order valence-corrected chi connectivity index (χ1v) is 4.19. The number of nitrogens with one attached hydrogen (secondary N) is 2. The third kappa shape index (κ3) is 6.10. The lowest BCUT2D eigenvalue weighted by Gasteiger charge is -2.15. The Morgan fingerprint density at radius 3 is 2.23 bits per heavy atom. The Labute approximate surface area is 77.5 Å². The molecule has 76 valence electrons. The Balaban J connectivity index is 3.76. The van der Waals surface area contributed by atoms with Gasteiger partial charge in [-0.05, 0) is 6.92 Å². The molecule has 0 saturated carbocycles. The molecule has 0 spiro atoms. The van der Waals surface area contributed by atoms with Crippen molar-refractivity contribution < 1.29 is 14.7 Å². The Bertz CT molecular complexity index is 192. The number of rotatable bonds is 5. The molecule has 0 unspecified atom stereocenters. The van der Waals surface area contributed by atoms with Crippen molar-refractivity contribution in [1.29, 1.82) is 0 Å². The van der Waals surface area contributed by atoms with Gasteiger partial charge in [0.2, 0.25) is 5.91 Å². The average molecular weight is 188 g/mol. The van der Waals surface area contributed by atoms with Crippen LogP contribution >= 0.6 is 0 Å². The van der Waals surface area contributed by atoms with Gasteiger partial charge >= 0.3 is 5.97 Å². The second-order valence-electron chi connectivity index (χ2n) is 3.15. The van der Waals surface area contributed by atoms with Crippen LogP contribution in [0.1, 0.15) is 20.8 Å². The molecule has 3 N–H and O–H groups in total. The molecule has 0 aromatic rings. The minimum Gasteiger partial charge on any atom is -0.480 e. The maximum Gasteiger partial charge on any atom is 0.322 e. The molecule has 0 fully saturated rings. The van der Waals surface area contributed by atoms with Crippen LogP contribution in [0.4, 0.5) is 0 Å². The molecule has 0 aliphatic heterocycles. The number of carbonyl (C=O) groups is 2. The minimum absolute atomic E-state index is 0.200. The fourth-order valence-electron chi connectivity index (χ4n) is 0.892. The smallest absolute Gasteiger partial charge is 0.322 e. The predicted octanol–water partition coefficient (Wildman–Crippen LogP) is -0.426. The monoisotopic (exact) mass is 188 g/mol. The second kappa shape index (κ2) is 5.53. The summed E-state index contributed by atoms with van der Waals surface area (Å²) >= 11 is 0. The molecule has 13 heavy (non-hydrogen) atoms. The van der Waals surface area contributed by atoms with Crippen LogP contribution in [0.25, 0.3) is 0 Å². The van der Waals surface area contributed by atoms with Gasteiger partial charge in [-0.15, -0.1) is 0 Å². The molecule has 0 radical (unpaired) electrons. The zero-order valence-electron chi connectivity index (χ0n) is 8.13. The Morgan fingerprint density at radius 1 is 1.31 bits per heavy atom. The van der Waals surface area contributed by atoms with Gasteiger partial charge < -0.3 is 15.7 Å². The van der Waals surface area contributed by atoms with Crippen molar-refractivity contribution in [2.75, 3.05) is 6.54 Å². The van der Waals surface area contributed by atoms with E-state index < -0.39 is 5.97 Å². The summed E-state index contributed by atoms with van der Waals surface area (Å²) in [5, 5.41) is 13.5. The lowest BCUT2D eigenvalue weighted by atomic mass is 10.2. The zero-order valence-corrected chi connectivity index (χ0v) is 8.13. The molecule has 5 nitrogen and oxygen atoms in total. The van der Waals surface area contributed by atoms with Crippen molar-refractivity contribution in [2.45, 2.75) is 32.9 Å². The van der Waals surface area contributed by atoms with E-state index in [0.717, 1.165) is 0 Å². The fraction of sp³-hybridized carbons (Fsp3) is 0.750. The second-order valence-corrected chi connectivity index (χ2v) is 3.15. The lowest BCUT2D eigenvalue weighted by Crippen LogP contribution is -2.46. The Kier molecular flexibility index (Phi) is 5.06. The highest BCUT2D eigenvalue weighted by Gasteiger charge is 2.13. The van der Waals surface area contributed by atoms with Gasteiger partial charge in [0, 0.05) is 6.04 Å². The molecule has 5 heteroatoms. The van der Waals surface area contributed by atoms with Crippen molar-refractivity contribution in [3.63, 3.8) is 0 Å². The predicted molar refractivity (Wildman–Crippen MR) is 48.4 cm³/mol. The molecular formula is C8H16N2O3. The van der Waals surface area contributed by atoms with E-state index in [1.807, 2.05) is 13.8 Å². The summed E-state index contributed by atoms with van der Waals surface area (Å²) in [6, 6.07) is -0.162. The number of hydrogen-bond donors (Lipinski definition) is 3. The third-order valence-corrected chi connectivity index (χ3v) is 1.39. The van der Waals surface area contributed by atoms with Crippen LogP contribution in [0.2, 0.25) is 0 Å². The van der Waals surface area contributed by atoms with Crippen LogP contribution in [0.3, 0.4) is 0 Å². The summed E-state index contributed by atoms with van der Waals surface area (Å²) in [4.78, 5) is 21.3. The molecule has 0 aromatic carbocycles. The van der Waals surface area contributed by atoms with E-state index in [4.69, 9.17) is 5.11 Å². The maximum atomic E-state index is 11.1. The summed E-state index contributed by atoms with van der Waals surface area (Å²) in [6.07, 6.45) is 0. The van der Waals surface area contributed by atoms with Crippen LogP contribution in [0.15, 0.2) is 0 Å². The summed E-state index contributed by atoms with van der Waals surface area (Å²) in [5.41, 5.74) is 0. The fourth-order valence-corrected chi connectivity index (χ4v) is 0.892. The summed E-state index contributed by atoms with van der Waals surface area (Å²) < 4.78 is 0. The topological polar surface area (TPSA) is 78.4 Å². The Hall–Kier alpha value is -1.10. The normalized spacial score (nSPS) is 12.6. The van der Waals surface area contributed by atoms with E-state index in [2.05, 4.69) is 10.6 Å². The van der Waals surface area contributed by atoms with Crippen molar-refractivity contribution in [1.82, 2.24) is 10.6 Å². The van der Waals surface area contributed by atoms with Gasteiger partial charge in [-0.1, -0.05) is 13.8 Å². The van der Waals surface area contributed by atoms with Crippen LogP contribution in [-0.2, 0) is 9.59 Å². The molecule has 0 saturated heterocycles. The van der Waals surface area contributed by atoms with Gasteiger partial charge in [-0.25, -0.2) is 0 Å².